The fourth-order valence-corrected chi connectivity index (χ4v) is 1.23. The Morgan fingerprint density at radius 2 is 2.50 bits per heavy atom. The molecule has 1 heterocycles. The zero-order valence-electron chi connectivity index (χ0n) is 6.62. The quantitative estimate of drug-likeness (QED) is 0.532. The summed E-state index contributed by atoms with van der Waals surface area (Å²) in [5.41, 5.74) is 5.05. The zero-order chi connectivity index (χ0) is 9.14. The highest BCUT2D eigenvalue weighted by Crippen LogP contribution is 2.16. The second-order valence-electron chi connectivity index (χ2n) is 2.78. The number of hydrogen-bond donors (Lipinski definition) is 1. The molecule has 64 valence electrons. The molecule has 2 N–H and O–H groups in total. The molecule has 2 amide bonds. The van der Waals surface area contributed by atoms with Crippen molar-refractivity contribution in [2.75, 3.05) is 13.1 Å². The number of likely N-dealkylation sites (tertiary alicyclic amines) is 1. The van der Waals surface area contributed by atoms with Gasteiger partial charge in [0.15, 0.2) is 0 Å². The SMILES string of the molecule is C#CCN1CC(C(N)=O)CC1=O. The molecule has 1 saturated heterocycles. The van der Waals surface area contributed by atoms with Gasteiger partial charge in [-0.1, -0.05) is 5.92 Å². The summed E-state index contributed by atoms with van der Waals surface area (Å²) >= 11 is 0. The number of nitrogens with zero attached hydrogens (tertiary/aromatic N) is 1. The number of primary amides is 1. The van der Waals surface area contributed by atoms with Gasteiger partial charge in [-0.2, -0.15) is 0 Å². The Bertz CT molecular complexity index is 254. The fourth-order valence-electron chi connectivity index (χ4n) is 1.23. The highest BCUT2D eigenvalue weighted by atomic mass is 16.2. The van der Waals surface area contributed by atoms with Gasteiger partial charge in [-0.25, -0.2) is 0 Å². The Morgan fingerprint density at radius 3 is 2.92 bits per heavy atom. The van der Waals surface area contributed by atoms with Crippen molar-refractivity contribution < 1.29 is 9.59 Å². The number of terminal acetylenes is 1. The molecule has 1 aliphatic rings. The predicted molar refractivity (Wildman–Crippen MR) is 42.7 cm³/mol. The standard InChI is InChI=1S/C8H10N2O2/c1-2-3-10-5-6(8(9)12)4-7(10)11/h1,6H,3-5H2,(H2,9,12). The molecule has 0 aromatic rings. The molecule has 0 saturated carbocycles. The van der Waals surface area contributed by atoms with Gasteiger partial charge in [0.2, 0.25) is 11.8 Å². The van der Waals surface area contributed by atoms with E-state index >= 15 is 0 Å². The third kappa shape index (κ3) is 1.56. The minimum absolute atomic E-state index is 0.0863. The van der Waals surface area contributed by atoms with E-state index in [1.165, 1.54) is 4.90 Å². The molecule has 4 nitrogen and oxygen atoms in total. The molecular weight excluding hydrogens is 156 g/mol. The third-order valence-electron chi connectivity index (χ3n) is 1.90. The lowest BCUT2D eigenvalue weighted by molar-refractivity contribution is -0.128. The number of carbonyl (C=O) groups is 2. The van der Waals surface area contributed by atoms with Crippen LogP contribution in [0.15, 0.2) is 0 Å². The van der Waals surface area contributed by atoms with Crippen molar-refractivity contribution in [1.29, 1.82) is 0 Å². The van der Waals surface area contributed by atoms with E-state index in [2.05, 4.69) is 5.92 Å². The van der Waals surface area contributed by atoms with Gasteiger partial charge in [-0.3, -0.25) is 9.59 Å². The maximum absolute atomic E-state index is 11.1. The van der Waals surface area contributed by atoms with Gasteiger partial charge in [-0.15, -0.1) is 6.42 Å². The van der Waals surface area contributed by atoms with Gasteiger partial charge in [0.25, 0.3) is 0 Å². The molecule has 0 bridgehead atoms. The van der Waals surface area contributed by atoms with Gasteiger partial charge < -0.3 is 10.6 Å². The first kappa shape index (κ1) is 8.60. The lowest BCUT2D eigenvalue weighted by atomic mass is 10.1. The van der Waals surface area contributed by atoms with Crippen LogP contribution in [-0.4, -0.2) is 29.8 Å². The summed E-state index contributed by atoms with van der Waals surface area (Å²) < 4.78 is 0. The first-order chi connectivity index (χ1) is 5.65. The molecule has 0 radical (unpaired) electrons. The second-order valence-corrected chi connectivity index (χ2v) is 2.78. The Labute approximate surface area is 70.7 Å². The van der Waals surface area contributed by atoms with Crippen molar-refractivity contribution in [1.82, 2.24) is 4.90 Å². The summed E-state index contributed by atoms with van der Waals surface area (Å²) in [5, 5.41) is 0. The Kier molecular flexibility index (Phi) is 2.34. The number of hydrogen-bond acceptors (Lipinski definition) is 2. The molecule has 0 spiro atoms. The van der Waals surface area contributed by atoms with Crippen LogP contribution in [0, 0.1) is 18.3 Å². The Morgan fingerprint density at radius 1 is 1.83 bits per heavy atom. The van der Waals surface area contributed by atoms with Crippen LogP contribution in [0.3, 0.4) is 0 Å². The van der Waals surface area contributed by atoms with Gasteiger partial charge >= 0.3 is 0 Å². The highest BCUT2D eigenvalue weighted by Gasteiger charge is 2.32. The van der Waals surface area contributed by atoms with Crippen LogP contribution in [0.25, 0.3) is 0 Å². The summed E-state index contributed by atoms with van der Waals surface area (Å²) in [6.45, 7) is 0.640. The summed E-state index contributed by atoms with van der Waals surface area (Å²) in [7, 11) is 0. The van der Waals surface area contributed by atoms with Crippen molar-refractivity contribution in [3.05, 3.63) is 0 Å². The second kappa shape index (κ2) is 3.26. The topological polar surface area (TPSA) is 63.4 Å². The smallest absolute Gasteiger partial charge is 0.224 e. The molecule has 4 heteroatoms. The number of nitrogens with two attached hydrogens (primary N) is 1. The fraction of sp³-hybridized carbons (Fsp3) is 0.500. The van der Waals surface area contributed by atoms with Crippen LogP contribution in [0.2, 0.25) is 0 Å². The van der Waals surface area contributed by atoms with Crippen molar-refractivity contribution in [2.45, 2.75) is 6.42 Å². The minimum atomic E-state index is -0.428. The summed E-state index contributed by atoms with van der Waals surface area (Å²) in [5.74, 6) is 1.48. The maximum atomic E-state index is 11.1. The maximum Gasteiger partial charge on any atom is 0.224 e. The average molecular weight is 166 g/mol. The van der Waals surface area contributed by atoms with Gasteiger partial charge in [-0.05, 0) is 0 Å². The molecule has 0 aromatic carbocycles. The van der Waals surface area contributed by atoms with Crippen LogP contribution in [0.1, 0.15) is 6.42 Å². The molecule has 1 aliphatic heterocycles. The largest absolute Gasteiger partial charge is 0.369 e. The lowest BCUT2D eigenvalue weighted by Crippen LogP contribution is -2.28. The third-order valence-corrected chi connectivity index (χ3v) is 1.90. The van der Waals surface area contributed by atoms with Gasteiger partial charge in [0.05, 0.1) is 12.5 Å². The van der Waals surface area contributed by atoms with E-state index in [0.717, 1.165) is 0 Å². The van der Waals surface area contributed by atoms with Crippen molar-refractivity contribution in [2.24, 2.45) is 11.7 Å². The molecule has 1 rings (SSSR count). The van der Waals surface area contributed by atoms with E-state index in [0.29, 0.717) is 6.54 Å². The van der Waals surface area contributed by atoms with E-state index in [-0.39, 0.29) is 24.8 Å². The summed E-state index contributed by atoms with van der Waals surface area (Å²) in [6, 6.07) is 0. The Hall–Kier alpha value is -1.50. The van der Waals surface area contributed by atoms with E-state index in [1.807, 2.05) is 0 Å². The predicted octanol–water partition coefficient (Wildman–Crippen LogP) is -1.05. The van der Waals surface area contributed by atoms with E-state index in [9.17, 15) is 9.59 Å². The van der Waals surface area contributed by atoms with Crippen LogP contribution in [0.4, 0.5) is 0 Å². The van der Waals surface area contributed by atoms with E-state index in [1.54, 1.807) is 0 Å². The number of amides is 2. The first-order valence-electron chi connectivity index (χ1n) is 3.65. The number of rotatable bonds is 2. The highest BCUT2D eigenvalue weighted by molar-refractivity contribution is 5.88. The molecule has 0 aromatic heterocycles. The zero-order valence-corrected chi connectivity index (χ0v) is 6.62. The van der Waals surface area contributed by atoms with E-state index < -0.39 is 5.91 Å². The monoisotopic (exact) mass is 166 g/mol. The normalized spacial score (nSPS) is 22.4. The summed E-state index contributed by atoms with van der Waals surface area (Å²) in [6.07, 6.45) is 5.24. The molecule has 0 aliphatic carbocycles. The summed E-state index contributed by atoms with van der Waals surface area (Å²) in [4.78, 5) is 23.3. The van der Waals surface area contributed by atoms with Crippen LogP contribution >= 0.6 is 0 Å². The first-order valence-corrected chi connectivity index (χ1v) is 3.65. The van der Waals surface area contributed by atoms with Crippen molar-refractivity contribution in [3.63, 3.8) is 0 Å². The minimum Gasteiger partial charge on any atom is -0.369 e. The molecular formula is C8H10N2O2. The van der Waals surface area contributed by atoms with Gasteiger partial charge in [0.1, 0.15) is 0 Å². The molecule has 12 heavy (non-hydrogen) atoms. The average Bonchev–Trinajstić information content (AvgIpc) is 2.34. The van der Waals surface area contributed by atoms with Crippen LogP contribution in [-0.2, 0) is 9.59 Å². The van der Waals surface area contributed by atoms with Crippen molar-refractivity contribution >= 4 is 11.8 Å². The van der Waals surface area contributed by atoms with Crippen LogP contribution in [0.5, 0.6) is 0 Å². The van der Waals surface area contributed by atoms with Gasteiger partial charge in [0, 0.05) is 13.0 Å². The van der Waals surface area contributed by atoms with Crippen LogP contribution < -0.4 is 5.73 Å². The number of carbonyl (C=O) groups excluding carboxylic acids is 2. The van der Waals surface area contributed by atoms with E-state index in [4.69, 9.17) is 12.2 Å². The molecule has 1 atom stereocenters. The lowest BCUT2D eigenvalue weighted by Gasteiger charge is -2.10. The molecule has 1 fully saturated rings. The Balaban J connectivity index is 2.57. The van der Waals surface area contributed by atoms with Crippen molar-refractivity contribution in [3.8, 4) is 12.3 Å². The molecule has 1 unspecified atom stereocenters.